The first-order valence-corrected chi connectivity index (χ1v) is 5.68. The molecule has 0 aliphatic heterocycles. The Bertz CT molecular complexity index is 460. The van der Waals surface area contributed by atoms with Crippen LogP contribution in [0.25, 0.3) is 0 Å². The van der Waals surface area contributed by atoms with Crippen molar-refractivity contribution in [2.24, 2.45) is 0 Å². The van der Waals surface area contributed by atoms with Gasteiger partial charge >= 0.3 is 12.2 Å². The summed E-state index contributed by atoms with van der Waals surface area (Å²) in [5.74, 6) is -1.37. The average molecular weight is 278 g/mol. The first kappa shape index (κ1) is 15.3. The Labute approximate surface area is 108 Å². The van der Waals surface area contributed by atoms with Gasteiger partial charge in [-0.05, 0) is 31.5 Å². The van der Waals surface area contributed by atoms with Crippen LogP contribution < -0.4 is 10.6 Å². The molecule has 0 saturated carbocycles. The minimum atomic E-state index is -4.80. The molecule has 0 aliphatic rings. The molecule has 0 saturated heterocycles. The van der Waals surface area contributed by atoms with E-state index in [2.05, 4.69) is 10.6 Å². The quantitative estimate of drug-likeness (QED) is 0.812. The highest BCUT2D eigenvalue weighted by atomic mass is 19.4. The molecular formula is C12H14F4N2O. The summed E-state index contributed by atoms with van der Waals surface area (Å²) in [6.45, 7) is 3.61. The summed E-state index contributed by atoms with van der Waals surface area (Å²) in [6, 6.07) is 1.56. The van der Waals surface area contributed by atoms with Gasteiger partial charge in [0.05, 0.1) is 5.56 Å². The number of alkyl halides is 3. The summed E-state index contributed by atoms with van der Waals surface area (Å²) in [4.78, 5) is 11.4. The van der Waals surface area contributed by atoms with Gasteiger partial charge in [-0.15, -0.1) is 0 Å². The van der Waals surface area contributed by atoms with Gasteiger partial charge in [-0.25, -0.2) is 9.18 Å². The fraction of sp³-hybridized carbons (Fsp3) is 0.417. The molecule has 106 valence electrons. The van der Waals surface area contributed by atoms with Crippen LogP contribution >= 0.6 is 0 Å². The van der Waals surface area contributed by atoms with Crippen molar-refractivity contribution in [3.8, 4) is 0 Å². The van der Waals surface area contributed by atoms with Crippen LogP contribution in [0.3, 0.4) is 0 Å². The standard InChI is InChI=1S/C12H14F4N2O/c1-3-7(2)17-11(19)18-8-4-5-10(13)9(6-8)12(14,15)16/h4-7H,3H2,1-2H3,(H2,17,18,19). The Hall–Kier alpha value is -1.79. The van der Waals surface area contributed by atoms with Gasteiger partial charge in [0.15, 0.2) is 0 Å². The molecule has 1 rings (SSSR count). The van der Waals surface area contributed by atoms with Crippen LogP contribution in [0.5, 0.6) is 0 Å². The Morgan fingerprint density at radius 2 is 2.00 bits per heavy atom. The molecule has 0 radical (unpaired) electrons. The summed E-state index contributed by atoms with van der Waals surface area (Å²) in [6.07, 6.45) is -4.11. The molecule has 2 N–H and O–H groups in total. The van der Waals surface area contributed by atoms with Gasteiger partial charge in [0.2, 0.25) is 0 Å². The summed E-state index contributed by atoms with van der Waals surface area (Å²) >= 11 is 0. The number of carbonyl (C=O) groups excluding carboxylic acids is 1. The fourth-order valence-electron chi connectivity index (χ4n) is 1.31. The third-order valence-corrected chi connectivity index (χ3v) is 2.52. The minimum Gasteiger partial charge on any atom is -0.335 e. The number of hydrogen-bond acceptors (Lipinski definition) is 1. The molecule has 0 aliphatic carbocycles. The maximum absolute atomic E-state index is 13.0. The van der Waals surface area contributed by atoms with Gasteiger partial charge in [0, 0.05) is 11.7 Å². The van der Waals surface area contributed by atoms with Crippen LogP contribution in [0.15, 0.2) is 18.2 Å². The molecule has 1 aromatic carbocycles. The minimum absolute atomic E-state index is 0.109. The second kappa shape index (κ2) is 5.90. The summed E-state index contributed by atoms with van der Waals surface area (Å²) in [5, 5.41) is 4.76. The second-order valence-corrected chi connectivity index (χ2v) is 4.10. The first-order valence-electron chi connectivity index (χ1n) is 5.68. The zero-order valence-electron chi connectivity index (χ0n) is 10.4. The van der Waals surface area contributed by atoms with Crippen LogP contribution in [0, 0.1) is 5.82 Å². The van der Waals surface area contributed by atoms with E-state index in [1.54, 1.807) is 6.92 Å². The van der Waals surface area contributed by atoms with Crippen molar-refractivity contribution in [2.75, 3.05) is 5.32 Å². The predicted molar refractivity (Wildman–Crippen MR) is 63.3 cm³/mol. The smallest absolute Gasteiger partial charge is 0.335 e. The number of urea groups is 1. The number of amides is 2. The maximum atomic E-state index is 13.0. The zero-order valence-corrected chi connectivity index (χ0v) is 10.4. The van der Waals surface area contributed by atoms with Crippen molar-refractivity contribution >= 4 is 11.7 Å². The highest BCUT2D eigenvalue weighted by Gasteiger charge is 2.34. The maximum Gasteiger partial charge on any atom is 0.419 e. The van der Waals surface area contributed by atoms with Crippen LogP contribution in [0.2, 0.25) is 0 Å². The van der Waals surface area contributed by atoms with Crippen molar-refractivity contribution in [1.82, 2.24) is 5.32 Å². The summed E-state index contributed by atoms with van der Waals surface area (Å²) in [5.41, 5.74) is -1.52. The van der Waals surface area contributed by atoms with Gasteiger partial charge in [-0.1, -0.05) is 6.92 Å². The molecule has 0 heterocycles. The van der Waals surface area contributed by atoms with Gasteiger partial charge in [-0.2, -0.15) is 13.2 Å². The lowest BCUT2D eigenvalue weighted by Crippen LogP contribution is -2.35. The van der Waals surface area contributed by atoms with Crippen molar-refractivity contribution in [2.45, 2.75) is 32.5 Å². The number of nitrogens with one attached hydrogen (secondary N) is 2. The Kier molecular flexibility index (Phi) is 4.74. The molecule has 0 bridgehead atoms. The summed E-state index contributed by atoms with van der Waals surface area (Å²) in [7, 11) is 0. The predicted octanol–water partition coefficient (Wildman–Crippen LogP) is 3.76. The molecule has 1 aromatic rings. The van der Waals surface area contributed by atoms with Crippen molar-refractivity contribution < 1.29 is 22.4 Å². The van der Waals surface area contributed by atoms with Crippen LogP contribution in [-0.4, -0.2) is 12.1 Å². The molecule has 0 spiro atoms. The Balaban J connectivity index is 2.83. The normalized spacial score (nSPS) is 12.9. The number of halogens is 4. The van der Waals surface area contributed by atoms with E-state index in [9.17, 15) is 22.4 Å². The molecule has 3 nitrogen and oxygen atoms in total. The third-order valence-electron chi connectivity index (χ3n) is 2.52. The highest BCUT2D eigenvalue weighted by Crippen LogP contribution is 2.32. The molecular weight excluding hydrogens is 264 g/mol. The number of benzene rings is 1. The van der Waals surface area contributed by atoms with Gasteiger partial charge in [-0.3, -0.25) is 0 Å². The van der Waals surface area contributed by atoms with E-state index in [4.69, 9.17) is 0 Å². The fourth-order valence-corrected chi connectivity index (χ4v) is 1.31. The number of rotatable bonds is 3. The largest absolute Gasteiger partial charge is 0.419 e. The molecule has 1 atom stereocenters. The lowest BCUT2D eigenvalue weighted by Gasteiger charge is -2.14. The van der Waals surface area contributed by atoms with Gasteiger partial charge in [0.1, 0.15) is 5.82 Å². The number of carbonyl (C=O) groups is 1. The highest BCUT2D eigenvalue weighted by molar-refractivity contribution is 5.89. The van der Waals surface area contributed by atoms with Gasteiger partial charge < -0.3 is 10.6 Å². The van der Waals surface area contributed by atoms with E-state index in [-0.39, 0.29) is 11.7 Å². The van der Waals surface area contributed by atoms with E-state index >= 15 is 0 Å². The molecule has 1 unspecified atom stereocenters. The molecule has 2 amide bonds. The van der Waals surface area contributed by atoms with E-state index in [0.717, 1.165) is 6.07 Å². The zero-order chi connectivity index (χ0) is 14.6. The molecule has 7 heteroatoms. The lowest BCUT2D eigenvalue weighted by atomic mass is 10.2. The van der Waals surface area contributed by atoms with E-state index < -0.39 is 23.6 Å². The van der Waals surface area contributed by atoms with Crippen LogP contribution in [0.1, 0.15) is 25.8 Å². The number of hydrogen-bond donors (Lipinski definition) is 2. The van der Waals surface area contributed by atoms with Crippen molar-refractivity contribution in [3.63, 3.8) is 0 Å². The second-order valence-electron chi connectivity index (χ2n) is 4.10. The van der Waals surface area contributed by atoms with Crippen molar-refractivity contribution in [1.29, 1.82) is 0 Å². The molecule has 0 fully saturated rings. The lowest BCUT2D eigenvalue weighted by molar-refractivity contribution is -0.139. The van der Waals surface area contributed by atoms with Crippen LogP contribution in [0.4, 0.5) is 28.0 Å². The third kappa shape index (κ3) is 4.42. The van der Waals surface area contributed by atoms with Crippen molar-refractivity contribution in [3.05, 3.63) is 29.6 Å². The molecule has 19 heavy (non-hydrogen) atoms. The topological polar surface area (TPSA) is 41.1 Å². The van der Waals surface area contributed by atoms with E-state index in [0.29, 0.717) is 18.6 Å². The summed E-state index contributed by atoms with van der Waals surface area (Å²) < 4.78 is 50.4. The monoisotopic (exact) mass is 278 g/mol. The Morgan fingerprint density at radius 3 is 2.53 bits per heavy atom. The van der Waals surface area contributed by atoms with E-state index in [1.807, 2.05) is 6.92 Å². The van der Waals surface area contributed by atoms with Gasteiger partial charge in [0.25, 0.3) is 0 Å². The molecule has 0 aromatic heterocycles. The average Bonchev–Trinajstić information content (AvgIpc) is 2.29. The SMILES string of the molecule is CCC(C)NC(=O)Nc1ccc(F)c(C(F)(F)F)c1. The first-order chi connectivity index (χ1) is 8.74. The Morgan fingerprint density at radius 1 is 1.37 bits per heavy atom. The number of anilines is 1. The van der Waals surface area contributed by atoms with E-state index in [1.165, 1.54) is 0 Å². The van der Waals surface area contributed by atoms with Crippen LogP contribution in [-0.2, 0) is 6.18 Å².